The standard InChI is InChI=1S/C25H28ClN7O3S/c1-31(2)25(36)14-6-16(28-23(35)24-29-19-11-32(3)12-21(19)37-24)10-17(7-14)33-20(22(27)34)8-13-4-5-15(26)9-18(13)30-33/h4-5,8-9,11-12,14,16-17,30H,6-7,10H2,1-3H3,(H2,27,34)(H,28,35). The van der Waals surface area contributed by atoms with E-state index in [0.717, 1.165) is 21.5 Å². The first-order valence-electron chi connectivity index (χ1n) is 11.9. The van der Waals surface area contributed by atoms with Crippen LogP contribution in [0.25, 0.3) is 16.3 Å². The van der Waals surface area contributed by atoms with Gasteiger partial charge in [0, 0.05) is 56.1 Å². The molecular formula is C25H28ClN7O3S. The van der Waals surface area contributed by atoms with E-state index in [9.17, 15) is 14.4 Å². The summed E-state index contributed by atoms with van der Waals surface area (Å²) in [7, 11) is 5.34. The molecule has 3 amide bonds. The summed E-state index contributed by atoms with van der Waals surface area (Å²) >= 11 is 7.53. The van der Waals surface area contributed by atoms with E-state index in [0.29, 0.717) is 29.3 Å². The normalized spacial score (nSPS) is 21.1. The average Bonchev–Trinajstić information content (AvgIpc) is 3.40. The second-order valence-electron chi connectivity index (χ2n) is 9.76. The molecule has 1 aliphatic heterocycles. The minimum atomic E-state index is -0.593. The van der Waals surface area contributed by atoms with Gasteiger partial charge in [-0.3, -0.25) is 24.8 Å². The Labute approximate surface area is 223 Å². The van der Waals surface area contributed by atoms with Gasteiger partial charge in [-0.15, -0.1) is 11.3 Å². The monoisotopic (exact) mass is 541 g/mol. The number of amides is 3. The van der Waals surface area contributed by atoms with Crippen LogP contribution < -0.4 is 16.5 Å². The number of halogens is 1. The van der Waals surface area contributed by atoms with Crippen LogP contribution in [0.4, 0.5) is 5.69 Å². The quantitative estimate of drug-likeness (QED) is 0.456. The van der Waals surface area contributed by atoms with Gasteiger partial charge in [0.2, 0.25) is 5.91 Å². The zero-order valence-corrected chi connectivity index (χ0v) is 22.3. The minimum Gasteiger partial charge on any atom is -0.364 e. The number of hydrogen-bond donors (Lipinski definition) is 3. The summed E-state index contributed by atoms with van der Waals surface area (Å²) in [6.45, 7) is 0. The van der Waals surface area contributed by atoms with Crippen molar-refractivity contribution >= 4 is 62.6 Å². The van der Waals surface area contributed by atoms with Gasteiger partial charge in [-0.2, -0.15) is 0 Å². The highest BCUT2D eigenvalue weighted by molar-refractivity contribution is 7.20. The second-order valence-corrected chi connectivity index (χ2v) is 11.2. The molecule has 0 spiro atoms. The van der Waals surface area contributed by atoms with Crippen molar-refractivity contribution in [3.63, 3.8) is 0 Å². The maximum atomic E-state index is 13.1. The Kier molecular flexibility index (Phi) is 6.59. The van der Waals surface area contributed by atoms with Crippen molar-refractivity contribution in [2.45, 2.75) is 31.3 Å². The van der Waals surface area contributed by atoms with Gasteiger partial charge in [0.1, 0.15) is 5.70 Å². The van der Waals surface area contributed by atoms with Crippen LogP contribution in [0.1, 0.15) is 34.6 Å². The van der Waals surface area contributed by atoms with Crippen LogP contribution in [-0.2, 0) is 16.6 Å². The highest BCUT2D eigenvalue weighted by Gasteiger charge is 2.39. The fourth-order valence-corrected chi connectivity index (χ4v) is 6.21. The summed E-state index contributed by atoms with van der Waals surface area (Å²) in [5.41, 5.74) is 11.6. The molecule has 3 atom stereocenters. The summed E-state index contributed by atoms with van der Waals surface area (Å²) in [5.74, 6) is -1.26. The molecule has 37 heavy (non-hydrogen) atoms. The number of hydrogen-bond acceptors (Lipinski definition) is 7. The van der Waals surface area contributed by atoms with Crippen LogP contribution in [0.5, 0.6) is 0 Å². The van der Waals surface area contributed by atoms with Crippen molar-refractivity contribution in [3.8, 4) is 0 Å². The van der Waals surface area contributed by atoms with E-state index in [1.807, 2.05) is 30.1 Å². The van der Waals surface area contributed by atoms with Crippen LogP contribution in [0, 0.1) is 5.92 Å². The maximum Gasteiger partial charge on any atom is 0.280 e. The van der Waals surface area contributed by atoms with E-state index >= 15 is 0 Å². The van der Waals surface area contributed by atoms with Crippen molar-refractivity contribution in [3.05, 3.63) is 51.9 Å². The number of nitrogens with zero attached hydrogens (tertiary/aromatic N) is 4. The number of carbonyl (C=O) groups is 3. The van der Waals surface area contributed by atoms with Crippen LogP contribution >= 0.6 is 22.9 Å². The third kappa shape index (κ3) is 5.01. The number of aromatic nitrogens is 2. The summed E-state index contributed by atoms with van der Waals surface area (Å²) in [6, 6.07) is 4.72. The molecule has 10 nitrogen and oxygen atoms in total. The van der Waals surface area contributed by atoms with Crippen LogP contribution in [0.15, 0.2) is 36.3 Å². The Morgan fingerprint density at radius 1 is 1.22 bits per heavy atom. The van der Waals surface area contributed by atoms with Crippen LogP contribution in [0.3, 0.4) is 0 Å². The number of aryl methyl sites for hydroxylation is 1. The first-order chi connectivity index (χ1) is 17.6. The van der Waals surface area contributed by atoms with E-state index < -0.39 is 5.91 Å². The van der Waals surface area contributed by atoms with Crippen molar-refractivity contribution < 1.29 is 14.4 Å². The molecule has 1 saturated carbocycles. The van der Waals surface area contributed by atoms with Crippen LogP contribution in [0.2, 0.25) is 5.02 Å². The van der Waals surface area contributed by atoms with E-state index in [4.69, 9.17) is 17.3 Å². The highest BCUT2D eigenvalue weighted by atomic mass is 35.5. The predicted molar refractivity (Wildman–Crippen MR) is 144 cm³/mol. The molecule has 1 fully saturated rings. The molecule has 1 aliphatic carbocycles. The number of nitrogens with one attached hydrogen (secondary N) is 2. The fraction of sp³-hybridized carbons (Fsp3) is 0.360. The van der Waals surface area contributed by atoms with Crippen molar-refractivity contribution in [1.29, 1.82) is 0 Å². The number of fused-ring (bicyclic) bond motifs is 2. The molecule has 194 valence electrons. The maximum absolute atomic E-state index is 13.1. The number of thiazole rings is 1. The van der Waals surface area contributed by atoms with Gasteiger partial charge < -0.3 is 20.5 Å². The van der Waals surface area contributed by atoms with E-state index in [-0.39, 0.29) is 35.5 Å². The molecule has 0 radical (unpaired) electrons. The van der Waals surface area contributed by atoms with Gasteiger partial charge >= 0.3 is 0 Å². The van der Waals surface area contributed by atoms with Gasteiger partial charge in [-0.25, -0.2) is 4.98 Å². The number of rotatable bonds is 5. The molecule has 5 rings (SSSR count). The molecule has 2 aromatic heterocycles. The lowest BCUT2D eigenvalue weighted by Crippen LogP contribution is -2.53. The third-order valence-corrected chi connectivity index (χ3v) is 7.99. The first kappa shape index (κ1) is 25.1. The Morgan fingerprint density at radius 3 is 2.70 bits per heavy atom. The predicted octanol–water partition coefficient (Wildman–Crippen LogP) is 2.81. The number of hydrazine groups is 1. The average molecular weight is 542 g/mol. The Balaban J connectivity index is 1.42. The number of carbonyl (C=O) groups excluding carboxylic acids is 3. The number of anilines is 1. The molecule has 12 heteroatoms. The lowest BCUT2D eigenvalue weighted by molar-refractivity contribution is -0.134. The number of benzene rings is 1. The molecule has 0 saturated heterocycles. The largest absolute Gasteiger partial charge is 0.364 e. The topological polar surface area (TPSA) is 126 Å². The second kappa shape index (κ2) is 9.71. The molecule has 4 N–H and O–H groups in total. The van der Waals surface area contributed by atoms with Gasteiger partial charge in [0.05, 0.1) is 21.9 Å². The molecule has 1 aromatic carbocycles. The van der Waals surface area contributed by atoms with Gasteiger partial charge in [0.25, 0.3) is 11.8 Å². The molecular weight excluding hydrogens is 514 g/mol. The SMILES string of the molecule is CN(C)C(=O)C1CC(NC(=O)c2nc3cn(C)cc3s2)CC(N2Nc3cc(Cl)ccc3C=C2C(N)=O)C1. The zero-order chi connectivity index (χ0) is 26.4. The molecule has 3 heterocycles. The van der Waals surface area contributed by atoms with Gasteiger partial charge in [-0.1, -0.05) is 17.7 Å². The molecule has 0 bridgehead atoms. The summed E-state index contributed by atoms with van der Waals surface area (Å²) in [4.78, 5) is 44.6. The van der Waals surface area contributed by atoms with Crippen LogP contribution in [-0.4, -0.2) is 63.4 Å². The Bertz CT molecular complexity index is 1400. The van der Waals surface area contributed by atoms with Crippen molar-refractivity contribution in [2.75, 3.05) is 19.5 Å². The first-order valence-corrected chi connectivity index (χ1v) is 13.1. The Hall–Kier alpha value is -3.57. The highest BCUT2D eigenvalue weighted by Crippen LogP contribution is 2.36. The molecule has 3 unspecified atom stereocenters. The van der Waals surface area contributed by atoms with Crippen molar-refractivity contribution in [2.24, 2.45) is 18.7 Å². The summed E-state index contributed by atoms with van der Waals surface area (Å²) in [6.07, 6.45) is 6.99. The summed E-state index contributed by atoms with van der Waals surface area (Å²) < 4.78 is 2.83. The lowest BCUT2D eigenvalue weighted by Gasteiger charge is -2.44. The molecule has 3 aromatic rings. The van der Waals surface area contributed by atoms with Gasteiger partial charge in [-0.05, 0) is 37.5 Å². The van der Waals surface area contributed by atoms with Crippen molar-refractivity contribution in [1.82, 2.24) is 24.8 Å². The van der Waals surface area contributed by atoms with E-state index in [1.54, 1.807) is 42.2 Å². The van der Waals surface area contributed by atoms with Gasteiger partial charge in [0.15, 0.2) is 5.01 Å². The minimum absolute atomic E-state index is 0.0329. The lowest BCUT2D eigenvalue weighted by atomic mass is 9.81. The Morgan fingerprint density at radius 2 is 2.00 bits per heavy atom. The number of primary amides is 1. The zero-order valence-electron chi connectivity index (χ0n) is 20.7. The number of nitrogens with two attached hydrogens (primary N) is 1. The fourth-order valence-electron chi connectivity index (χ4n) is 5.11. The van der Waals surface area contributed by atoms with E-state index in [1.165, 1.54) is 11.3 Å². The summed E-state index contributed by atoms with van der Waals surface area (Å²) in [5, 5.41) is 5.73. The molecule has 2 aliphatic rings. The van der Waals surface area contributed by atoms with E-state index in [2.05, 4.69) is 15.7 Å². The third-order valence-electron chi connectivity index (χ3n) is 6.76. The smallest absolute Gasteiger partial charge is 0.280 e.